The van der Waals surface area contributed by atoms with Gasteiger partial charge >= 0.3 is 5.97 Å². The fourth-order valence-electron chi connectivity index (χ4n) is 2.92. The molecule has 1 N–H and O–H groups in total. The van der Waals surface area contributed by atoms with Gasteiger partial charge in [-0.15, -0.1) is 0 Å². The lowest BCUT2D eigenvalue weighted by atomic mass is 10.0. The van der Waals surface area contributed by atoms with E-state index in [2.05, 4.69) is 4.98 Å². The van der Waals surface area contributed by atoms with Crippen LogP contribution in [0, 0.1) is 0 Å². The highest BCUT2D eigenvalue weighted by Crippen LogP contribution is 2.32. The standard InChI is InChI=1S/C23H22ClNO3/c24-20-12-7-6-11-19(20)18-15-21(17-9-3-1-4-10-17)25-22(16-18)28-14-8-2-5-13-23(26)27/h1,3-4,6-7,9-12,15-16H,2,5,8,13-14H2,(H,26,27). The zero-order valence-corrected chi connectivity index (χ0v) is 16.2. The summed E-state index contributed by atoms with van der Waals surface area (Å²) in [7, 11) is 0. The summed E-state index contributed by atoms with van der Waals surface area (Å²) in [4.78, 5) is 15.2. The van der Waals surface area contributed by atoms with Crippen molar-refractivity contribution >= 4 is 17.6 Å². The first kappa shape index (κ1) is 19.9. The monoisotopic (exact) mass is 395 g/mol. The number of aliphatic carboxylic acids is 1. The van der Waals surface area contributed by atoms with Gasteiger partial charge < -0.3 is 9.84 Å². The number of rotatable bonds is 9. The molecule has 0 bridgehead atoms. The Morgan fingerprint density at radius 2 is 1.68 bits per heavy atom. The Labute approximate surface area is 169 Å². The molecule has 0 spiro atoms. The number of hydrogen-bond donors (Lipinski definition) is 1. The Hall–Kier alpha value is -2.85. The van der Waals surface area contributed by atoms with Crippen LogP contribution in [0.3, 0.4) is 0 Å². The molecular formula is C23H22ClNO3. The van der Waals surface area contributed by atoms with Gasteiger partial charge in [0.15, 0.2) is 0 Å². The third-order valence-electron chi connectivity index (χ3n) is 4.34. The fraction of sp³-hybridized carbons (Fsp3) is 0.217. The molecule has 28 heavy (non-hydrogen) atoms. The first-order valence-corrected chi connectivity index (χ1v) is 9.68. The molecule has 0 saturated carbocycles. The van der Waals surface area contributed by atoms with Crippen molar-refractivity contribution in [2.45, 2.75) is 25.7 Å². The minimum Gasteiger partial charge on any atom is -0.481 e. The molecular weight excluding hydrogens is 374 g/mol. The molecule has 0 aliphatic carbocycles. The quantitative estimate of drug-likeness (QED) is 0.445. The number of aromatic nitrogens is 1. The first-order valence-electron chi connectivity index (χ1n) is 9.30. The minimum absolute atomic E-state index is 0.193. The molecule has 5 heteroatoms. The Morgan fingerprint density at radius 1 is 0.929 bits per heavy atom. The molecule has 4 nitrogen and oxygen atoms in total. The number of carboxylic acids is 1. The Bertz CT molecular complexity index is 928. The van der Waals surface area contributed by atoms with Crippen molar-refractivity contribution in [3.05, 3.63) is 71.8 Å². The summed E-state index contributed by atoms with van der Waals surface area (Å²) < 4.78 is 5.88. The molecule has 2 aromatic carbocycles. The summed E-state index contributed by atoms with van der Waals surface area (Å²) in [5.74, 6) is -0.225. The lowest BCUT2D eigenvalue weighted by molar-refractivity contribution is -0.137. The van der Waals surface area contributed by atoms with Crippen LogP contribution in [-0.4, -0.2) is 22.7 Å². The number of unbranched alkanes of at least 4 members (excludes halogenated alkanes) is 2. The predicted octanol–water partition coefficient (Wildman–Crippen LogP) is 6.09. The molecule has 0 saturated heterocycles. The third-order valence-corrected chi connectivity index (χ3v) is 4.67. The maximum Gasteiger partial charge on any atom is 0.303 e. The summed E-state index contributed by atoms with van der Waals surface area (Å²) in [6.07, 6.45) is 2.44. The lowest BCUT2D eigenvalue weighted by Crippen LogP contribution is -2.01. The number of halogens is 1. The van der Waals surface area contributed by atoms with Gasteiger partial charge in [0.05, 0.1) is 12.3 Å². The second kappa shape index (κ2) is 9.90. The van der Waals surface area contributed by atoms with Gasteiger partial charge in [0, 0.05) is 28.6 Å². The summed E-state index contributed by atoms with van der Waals surface area (Å²) in [6.45, 7) is 0.493. The van der Waals surface area contributed by atoms with Crippen LogP contribution in [-0.2, 0) is 4.79 Å². The van der Waals surface area contributed by atoms with Crippen molar-refractivity contribution in [3.63, 3.8) is 0 Å². The average molecular weight is 396 g/mol. The second-order valence-electron chi connectivity index (χ2n) is 6.48. The smallest absolute Gasteiger partial charge is 0.303 e. The molecule has 3 aromatic rings. The van der Waals surface area contributed by atoms with Crippen LogP contribution in [0.15, 0.2) is 66.7 Å². The van der Waals surface area contributed by atoms with Gasteiger partial charge in [-0.25, -0.2) is 4.98 Å². The fourth-order valence-corrected chi connectivity index (χ4v) is 3.16. The van der Waals surface area contributed by atoms with E-state index in [4.69, 9.17) is 21.4 Å². The highest BCUT2D eigenvalue weighted by Gasteiger charge is 2.10. The molecule has 0 atom stereocenters. The Balaban J connectivity index is 1.80. The molecule has 0 aliphatic heterocycles. The molecule has 3 rings (SSSR count). The van der Waals surface area contributed by atoms with Crippen molar-refractivity contribution in [1.29, 1.82) is 0 Å². The van der Waals surface area contributed by atoms with Crippen LogP contribution in [0.2, 0.25) is 5.02 Å². The van der Waals surface area contributed by atoms with E-state index < -0.39 is 5.97 Å². The van der Waals surface area contributed by atoms with Crippen LogP contribution in [0.4, 0.5) is 0 Å². The van der Waals surface area contributed by atoms with Crippen molar-refractivity contribution in [2.24, 2.45) is 0 Å². The Morgan fingerprint density at radius 3 is 2.43 bits per heavy atom. The van der Waals surface area contributed by atoms with Crippen LogP contribution in [0.1, 0.15) is 25.7 Å². The van der Waals surface area contributed by atoms with Gasteiger partial charge in [0.2, 0.25) is 5.88 Å². The highest BCUT2D eigenvalue weighted by atomic mass is 35.5. The van der Waals surface area contributed by atoms with E-state index in [1.807, 2.05) is 66.7 Å². The highest BCUT2D eigenvalue weighted by molar-refractivity contribution is 6.33. The number of ether oxygens (including phenoxy) is 1. The minimum atomic E-state index is -0.762. The third kappa shape index (κ3) is 5.57. The number of carbonyl (C=O) groups is 1. The van der Waals surface area contributed by atoms with Crippen LogP contribution >= 0.6 is 11.6 Å². The summed E-state index contributed by atoms with van der Waals surface area (Å²) in [5.41, 5.74) is 3.69. The van der Waals surface area contributed by atoms with E-state index in [9.17, 15) is 4.79 Å². The molecule has 0 amide bonds. The predicted molar refractivity (Wildman–Crippen MR) is 112 cm³/mol. The Kier molecular flexibility index (Phi) is 7.04. The summed E-state index contributed by atoms with van der Waals surface area (Å²) in [6, 6.07) is 21.5. The van der Waals surface area contributed by atoms with E-state index in [0.717, 1.165) is 35.2 Å². The van der Waals surface area contributed by atoms with Crippen molar-refractivity contribution in [3.8, 4) is 28.3 Å². The van der Waals surface area contributed by atoms with Gasteiger partial charge in [-0.05, 0) is 37.0 Å². The van der Waals surface area contributed by atoms with Crippen LogP contribution in [0.25, 0.3) is 22.4 Å². The summed E-state index contributed by atoms with van der Waals surface area (Å²) in [5, 5.41) is 9.37. The maximum atomic E-state index is 10.6. The number of hydrogen-bond acceptors (Lipinski definition) is 3. The molecule has 0 aliphatic rings. The van der Waals surface area contributed by atoms with Crippen LogP contribution in [0.5, 0.6) is 5.88 Å². The number of carboxylic acid groups (broad SMARTS) is 1. The number of benzene rings is 2. The zero-order valence-electron chi connectivity index (χ0n) is 15.5. The van der Waals surface area contributed by atoms with Gasteiger partial charge in [-0.1, -0.05) is 60.1 Å². The van der Waals surface area contributed by atoms with Crippen molar-refractivity contribution in [1.82, 2.24) is 4.98 Å². The second-order valence-corrected chi connectivity index (χ2v) is 6.89. The van der Waals surface area contributed by atoms with Gasteiger partial charge in [-0.3, -0.25) is 4.79 Å². The van der Waals surface area contributed by atoms with Gasteiger partial charge in [-0.2, -0.15) is 0 Å². The van der Waals surface area contributed by atoms with E-state index >= 15 is 0 Å². The topological polar surface area (TPSA) is 59.4 Å². The number of pyridine rings is 1. The molecule has 0 radical (unpaired) electrons. The van der Waals surface area contributed by atoms with Crippen molar-refractivity contribution < 1.29 is 14.6 Å². The molecule has 144 valence electrons. The van der Waals surface area contributed by atoms with Gasteiger partial charge in [0.1, 0.15) is 0 Å². The lowest BCUT2D eigenvalue weighted by Gasteiger charge is -2.12. The largest absolute Gasteiger partial charge is 0.481 e. The van der Waals surface area contributed by atoms with E-state index in [-0.39, 0.29) is 6.42 Å². The first-order chi connectivity index (χ1) is 13.6. The SMILES string of the molecule is O=C(O)CCCCCOc1cc(-c2ccccc2Cl)cc(-c2ccccc2)n1. The number of nitrogens with zero attached hydrogens (tertiary/aromatic N) is 1. The maximum absolute atomic E-state index is 10.6. The normalized spacial score (nSPS) is 10.6. The molecule has 0 fully saturated rings. The van der Waals surface area contributed by atoms with E-state index in [0.29, 0.717) is 23.9 Å². The van der Waals surface area contributed by atoms with Crippen molar-refractivity contribution in [2.75, 3.05) is 6.61 Å². The zero-order chi connectivity index (χ0) is 19.8. The van der Waals surface area contributed by atoms with E-state index in [1.54, 1.807) is 0 Å². The molecule has 0 unspecified atom stereocenters. The van der Waals surface area contributed by atoms with Crippen LogP contribution < -0.4 is 4.74 Å². The molecule has 1 heterocycles. The van der Waals surface area contributed by atoms with Gasteiger partial charge in [0.25, 0.3) is 0 Å². The molecule has 1 aromatic heterocycles. The summed E-state index contributed by atoms with van der Waals surface area (Å²) >= 11 is 6.39. The average Bonchev–Trinajstić information content (AvgIpc) is 2.71. The van der Waals surface area contributed by atoms with E-state index in [1.165, 1.54) is 0 Å².